The van der Waals surface area contributed by atoms with E-state index in [-0.39, 0.29) is 6.42 Å². The number of benzene rings is 1. The van der Waals surface area contributed by atoms with Crippen LogP contribution >= 0.6 is 0 Å². The maximum absolute atomic E-state index is 11.7. The van der Waals surface area contributed by atoms with Crippen LogP contribution in [-0.2, 0) is 14.3 Å². The lowest BCUT2D eigenvalue weighted by Gasteiger charge is -2.13. The Hall–Kier alpha value is -2.35. The van der Waals surface area contributed by atoms with Crippen LogP contribution in [0.3, 0.4) is 0 Å². The molecule has 1 rings (SSSR count). The predicted octanol–water partition coefficient (Wildman–Crippen LogP) is 1.84. The number of hydrogen-bond acceptors (Lipinski definition) is 4. The molecule has 1 aromatic carbocycles. The first-order valence-electron chi connectivity index (χ1n) is 5.58. The van der Waals surface area contributed by atoms with Crippen LogP contribution in [0.1, 0.15) is 25.8 Å². The van der Waals surface area contributed by atoms with E-state index in [2.05, 4.69) is 5.32 Å². The van der Waals surface area contributed by atoms with Crippen molar-refractivity contribution < 1.29 is 14.3 Å². The summed E-state index contributed by atoms with van der Waals surface area (Å²) in [5, 5.41) is 11.4. The molecule has 1 amide bonds. The van der Waals surface area contributed by atoms with Gasteiger partial charge in [0.25, 0.3) is 5.91 Å². The van der Waals surface area contributed by atoms with Crippen LogP contribution < -0.4 is 5.32 Å². The second-order valence-corrected chi connectivity index (χ2v) is 3.63. The number of ether oxygens (including phenoxy) is 1. The van der Waals surface area contributed by atoms with E-state index in [0.29, 0.717) is 11.3 Å². The van der Waals surface area contributed by atoms with Gasteiger partial charge in [-0.3, -0.25) is 9.59 Å². The minimum atomic E-state index is -0.885. The molecule has 94 valence electrons. The van der Waals surface area contributed by atoms with Gasteiger partial charge in [-0.2, -0.15) is 5.26 Å². The fourth-order valence-electron chi connectivity index (χ4n) is 1.26. The lowest BCUT2D eigenvalue weighted by atomic mass is 10.2. The highest BCUT2D eigenvalue weighted by Gasteiger charge is 2.17. The zero-order chi connectivity index (χ0) is 13.5. The summed E-state index contributed by atoms with van der Waals surface area (Å²) in [5.41, 5.74) is 0.768. The molecule has 0 saturated heterocycles. The number of para-hydroxylation sites is 1. The van der Waals surface area contributed by atoms with Gasteiger partial charge in [-0.05, 0) is 19.1 Å². The molecule has 5 heteroatoms. The van der Waals surface area contributed by atoms with E-state index < -0.39 is 18.0 Å². The molecule has 0 aliphatic heterocycles. The van der Waals surface area contributed by atoms with Gasteiger partial charge in [0.1, 0.15) is 6.07 Å². The van der Waals surface area contributed by atoms with Crippen molar-refractivity contribution in [2.24, 2.45) is 0 Å². The fraction of sp³-hybridized carbons (Fsp3) is 0.308. The molecule has 0 unspecified atom stereocenters. The molecule has 0 radical (unpaired) electrons. The second kappa shape index (κ2) is 6.40. The van der Waals surface area contributed by atoms with Gasteiger partial charge in [-0.1, -0.05) is 19.1 Å². The smallest absolute Gasteiger partial charge is 0.306 e. The van der Waals surface area contributed by atoms with Crippen molar-refractivity contribution in [2.75, 3.05) is 5.32 Å². The number of amides is 1. The summed E-state index contributed by atoms with van der Waals surface area (Å²) in [5.74, 6) is -0.897. The van der Waals surface area contributed by atoms with Crippen molar-refractivity contribution in [1.82, 2.24) is 0 Å². The minimum Gasteiger partial charge on any atom is -0.453 e. The van der Waals surface area contributed by atoms with Crippen LogP contribution in [0.5, 0.6) is 0 Å². The van der Waals surface area contributed by atoms with Gasteiger partial charge in [-0.25, -0.2) is 0 Å². The van der Waals surface area contributed by atoms with Gasteiger partial charge in [-0.15, -0.1) is 0 Å². The minimum absolute atomic E-state index is 0.215. The molecular weight excluding hydrogens is 232 g/mol. The molecule has 1 atom stereocenters. The highest BCUT2D eigenvalue weighted by Crippen LogP contribution is 2.14. The third-order valence-corrected chi connectivity index (χ3v) is 2.27. The van der Waals surface area contributed by atoms with E-state index in [0.717, 1.165) is 0 Å². The molecule has 0 saturated carbocycles. The summed E-state index contributed by atoms with van der Waals surface area (Å²) in [4.78, 5) is 22.8. The largest absolute Gasteiger partial charge is 0.453 e. The van der Waals surface area contributed by atoms with E-state index >= 15 is 0 Å². The molecule has 0 aliphatic rings. The highest BCUT2D eigenvalue weighted by molar-refractivity contribution is 5.96. The topological polar surface area (TPSA) is 79.2 Å². The Bertz CT molecular complexity index is 491. The molecule has 5 nitrogen and oxygen atoms in total. The summed E-state index contributed by atoms with van der Waals surface area (Å²) in [6.45, 7) is 3.13. The highest BCUT2D eigenvalue weighted by atomic mass is 16.5. The number of nitrogens with one attached hydrogen (secondary N) is 1. The second-order valence-electron chi connectivity index (χ2n) is 3.63. The maximum atomic E-state index is 11.7. The van der Waals surface area contributed by atoms with Gasteiger partial charge >= 0.3 is 5.97 Å². The van der Waals surface area contributed by atoms with Crippen LogP contribution in [-0.4, -0.2) is 18.0 Å². The van der Waals surface area contributed by atoms with Crippen LogP contribution in [0.15, 0.2) is 24.3 Å². The molecule has 0 spiro atoms. The number of carbonyl (C=O) groups is 2. The third-order valence-electron chi connectivity index (χ3n) is 2.27. The monoisotopic (exact) mass is 246 g/mol. The molecule has 0 fully saturated rings. The third kappa shape index (κ3) is 3.59. The van der Waals surface area contributed by atoms with Crippen LogP contribution in [0.25, 0.3) is 0 Å². The Morgan fingerprint density at radius 3 is 2.72 bits per heavy atom. The number of anilines is 1. The number of rotatable bonds is 4. The molecule has 18 heavy (non-hydrogen) atoms. The van der Waals surface area contributed by atoms with Crippen LogP contribution in [0, 0.1) is 11.3 Å². The van der Waals surface area contributed by atoms with E-state index in [4.69, 9.17) is 10.00 Å². The molecular formula is C13H14N2O3. The maximum Gasteiger partial charge on any atom is 0.306 e. The zero-order valence-corrected chi connectivity index (χ0v) is 10.3. The van der Waals surface area contributed by atoms with Gasteiger partial charge in [0.2, 0.25) is 0 Å². The molecule has 1 N–H and O–H groups in total. The van der Waals surface area contributed by atoms with Crippen molar-refractivity contribution in [3.63, 3.8) is 0 Å². The van der Waals surface area contributed by atoms with Gasteiger partial charge < -0.3 is 10.1 Å². The Morgan fingerprint density at radius 1 is 1.44 bits per heavy atom. The van der Waals surface area contributed by atoms with Crippen molar-refractivity contribution in [3.05, 3.63) is 29.8 Å². The SMILES string of the molecule is CCC(=O)O[C@H](C)C(=O)Nc1ccccc1C#N. The van der Waals surface area contributed by atoms with Crippen molar-refractivity contribution >= 4 is 17.6 Å². The molecule has 0 aromatic heterocycles. The number of nitrogens with zero attached hydrogens (tertiary/aromatic N) is 1. The van der Waals surface area contributed by atoms with E-state index in [9.17, 15) is 9.59 Å². The quantitative estimate of drug-likeness (QED) is 0.822. The van der Waals surface area contributed by atoms with Crippen molar-refractivity contribution in [2.45, 2.75) is 26.4 Å². The predicted molar refractivity (Wildman–Crippen MR) is 65.6 cm³/mol. The van der Waals surface area contributed by atoms with Gasteiger partial charge in [0, 0.05) is 6.42 Å². The molecule has 0 aliphatic carbocycles. The van der Waals surface area contributed by atoms with Gasteiger partial charge in [0.15, 0.2) is 6.10 Å². The lowest BCUT2D eigenvalue weighted by molar-refractivity contribution is -0.152. The number of esters is 1. The van der Waals surface area contributed by atoms with Crippen molar-refractivity contribution in [1.29, 1.82) is 5.26 Å². The van der Waals surface area contributed by atoms with E-state index in [1.54, 1.807) is 31.2 Å². The van der Waals surface area contributed by atoms with E-state index in [1.165, 1.54) is 6.92 Å². The summed E-state index contributed by atoms with van der Waals surface area (Å²) < 4.78 is 4.87. The Morgan fingerprint density at radius 2 is 2.11 bits per heavy atom. The number of nitriles is 1. The van der Waals surface area contributed by atoms with Crippen LogP contribution in [0.4, 0.5) is 5.69 Å². The average molecular weight is 246 g/mol. The van der Waals surface area contributed by atoms with Crippen LogP contribution in [0.2, 0.25) is 0 Å². The first kappa shape index (κ1) is 13.7. The summed E-state index contributed by atoms with van der Waals surface area (Å²) in [6, 6.07) is 8.59. The molecule has 0 bridgehead atoms. The summed E-state index contributed by atoms with van der Waals surface area (Å²) in [7, 11) is 0. The van der Waals surface area contributed by atoms with E-state index in [1.807, 2.05) is 6.07 Å². The first-order chi connectivity index (χ1) is 8.58. The normalized spacial score (nSPS) is 11.2. The summed E-state index contributed by atoms with van der Waals surface area (Å²) in [6.07, 6.45) is -0.670. The van der Waals surface area contributed by atoms with Crippen molar-refractivity contribution in [3.8, 4) is 6.07 Å². The first-order valence-corrected chi connectivity index (χ1v) is 5.58. The molecule has 1 aromatic rings. The number of hydrogen-bond donors (Lipinski definition) is 1. The Balaban J connectivity index is 2.70. The molecule has 0 heterocycles. The summed E-state index contributed by atoms with van der Waals surface area (Å²) >= 11 is 0. The standard InChI is InChI=1S/C13H14N2O3/c1-3-12(16)18-9(2)13(17)15-11-7-5-4-6-10(11)8-14/h4-7,9H,3H2,1-2H3,(H,15,17)/t9-/m1/s1. The zero-order valence-electron chi connectivity index (χ0n) is 10.3. The Kier molecular flexibility index (Phi) is 4.88. The fourth-order valence-corrected chi connectivity index (χ4v) is 1.26. The number of carbonyl (C=O) groups excluding carboxylic acids is 2. The van der Waals surface area contributed by atoms with Gasteiger partial charge in [0.05, 0.1) is 11.3 Å². The average Bonchev–Trinajstić information content (AvgIpc) is 2.39. The lowest BCUT2D eigenvalue weighted by Crippen LogP contribution is -2.30. The Labute approximate surface area is 105 Å².